The topological polar surface area (TPSA) is 67.0 Å². The highest BCUT2D eigenvalue weighted by atomic mass is 16.5. The van der Waals surface area contributed by atoms with Gasteiger partial charge in [0.15, 0.2) is 0 Å². The molecule has 2 N–H and O–H groups in total. The van der Waals surface area contributed by atoms with Gasteiger partial charge in [-0.25, -0.2) is 0 Å². The van der Waals surface area contributed by atoms with Crippen LogP contribution >= 0.6 is 0 Å². The standard InChI is InChI=1S/C8H13N3O2/c1-2-13-4-3-9-8(12)7-5-10-11-6-7/h5-6H,2-4H2,1H3,(H,9,12)(H,10,11). The van der Waals surface area contributed by atoms with Gasteiger partial charge in [0.05, 0.1) is 18.4 Å². The largest absolute Gasteiger partial charge is 0.380 e. The lowest BCUT2D eigenvalue weighted by Gasteiger charge is -2.02. The maximum Gasteiger partial charge on any atom is 0.254 e. The molecule has 0 radical (unpaired) electrons. The number of H-pyrrole nitrogens is 1. The van der Waals surface area contributed by atoms with Gasteiger partial charge >= 0.3 is 0 Å². The highest BCUT2D eigenvalue weighted by molar-refractivity contribution is 5.93. The van der Waals surface area contributed by atoms with Gasteiger partial charge < -0.3 is 10.1 Å². The summed E-state index contributed by atoms with van der Waals surface area (Å²) in [6.07, 6.45) is 3.03. The number of carbonyl (C=O) groups is 1. The van der Waals surface area contributed by atoms with E-state index in [0.29, 0.717) is 25.3 Å². The Labute approximate surface area is 76.5 Å². The third kappa shape index (κ3) is 3.25. The quantitative estimate of drug-likeness (QED) is 0.640. The van der Waals surface area contributed by atoms with Gasteiger partial charge in [0.25, 0.3) is 5.91 Å². The first-order valence-corrected chi connectivity index (χ1v) is 4.19. The lowest BCUT2D eigenvalue weighted by Crippen LogP contribution is -2.26. The van der Waals surface area contributed by atoms with E-state index in [1.54, 1.807) is 6.20 Å². The number of rotatable bonds is 5. The molecule has 72 valence electrons. The van der Waals surface area contributed by atoms with Crippen molar-refractivity contribution in [3.05, 3.63) is 18.0 Å². The van der Waals surface area contributed by atoms with E-state index in [2.05, 4.69) is 15.5 Å². The molecule has 0 aliphatic rings. The van der Waals surface area contributed by atoms with Gasteiger partial charge in [-0.05, 0) is 6.92 Å². The summed E-state index contributed by atoms with van der Waals surface area (Å²) in [5, 5.41) is 8.94. The molecule has 1 rings (SSSR count). The molecule has 1 aromatic rings. The van der Waals surface area contributed by atoms with Crippen molar-refractivity contribution >= 4 is 5.91 Å². The summed E-state index contributed by atoms with van der Waals surface area (Å²) < 4.78 is 5.06. The van der Waals surface area contributed by atoms with E-state index in [-0.39, 0.29) is 5.91 Å². The highest BCUT2D eigenvalue weighted by Gasteiger charge is 2.04. The van der Waals surface area contributed by atoms with E-state index in [1.165, 1.54) is 6.20 Å². The number of amides is 1. The molecular weight excluding hydrogens is 170 g/mol. The Morgan fingerprint density at radius 3 is 3.23 bits per heavy atom. The molecule has 0 saturated carbocycles. The van der Waals surface area contributed by atoms with Gasteiger partial charge in [-0.1, -0.05) is 0 Å². The minimum atomic E-state index is -0.131. The number of aromatic amines is 1. The van der Waals surface area contributed by atoms with Crippen molar-refractivity contribution in [2.24, 2.45) is 0 Å². The smallest absolute Gasteiger partial charge is 0.254 e. The Kier molecular flexibility index (Phi) is 3.98. The number of nitrogens with zero attached hydrogens (tertiary/aromatic N) is 1. The van der Waals surface area contributed by atoms with E-state index in [4.69, 9.17) is 4.74 Å². The van der Waals surface area contributed by atoms with Crippen LogP contribution in [0.3, 0.4) is 0 Å². The van der Waals surface area contributed by atoms with Gasteiger partial charge in [0.2, 0.25) is 0 Å². The van der Waals surface area contributed by atoms with Crippen molar-refractivity contribution in [3.8, 4) is 0 Å². The second kappa shape index (κ2) is 5.31. The van der Waals surface area contributed by atoms with E-state index < -0.39 is 0 Å². The van der Waals surface area contributed by atoms with Crippen LogP contribution in [0.1, 0.15) is 17.3 Å². The van der Waals surface area contributed by atoms with Crippen molar-refractivity contribution < 1.29 is 9.53 Å². The second-order valence-corrected chi connectivity index (χ2v) is 2.44. The molecule has 0 unspecified atom stereocenters. The predicted octanol–water partition coefficient (Wildman–Crippen LogP) is 0.176. The summed E-state index contributed by atoms with van der Waals surface area (Å²) in [5.41, 5.74) is 0.538. The van der Waals surface area contributed by atoms with Crippen LogP contribution in [0.4, 0.5) is 0 Å². The molecule has 1 aromatic heterocycles. The van der Waals surface area contributed by atoms with Crippen LogP contribution in [-0.4, -0.2) is 35.9 Å². The number of aromatic nitrogens is 2. The monoisotopic (exact) mass is 183 g/mol. The molecule has 0 aliphatic heterocycles. The molecular formula is C8H13N3O2. The molecule has 0 aromatic carbocycles. The molecule has 0 spiro atoms. The van der Waals surface area contributed by atoms with Gasteiger partial charge in [-0.3, -0.25) is 9.89 Å². The fourth-order valence-electron chi connectivity index (χ4n) is 0.858. The van der Waals surface area contributed by atoms with Crippen molar-refractivity contribution in [2.45, 2.75) is 6.92 Å². The molecule has 0 atom stereocenters. The van der Waals surface area contributed by atoms with E-state index in [0.717, 1.165) is 0 Å². The number of carbonyl (C=O) groups excluding carboxylic acids is 1. The molecule has 13 heavy (non-hydrogen) atoms. The van der Waals surface area contributed by atoms with Crippen LogP contribution in [0.15, 0.2) is 12.4 Å². The summed E-state index contributed by atoms with van der Waals surface area (Å²) in [5.74, 6) is -0.131. The average molecular weight is 183 g/mol. The van der Waals surface area contributed by atoms with Crippen LogP contribution < -0.4 is 5.32 Å². The Hall–Kier alpha value is -1.36. The first kappa shape index (κ1) is 9.73. The minimum absolute atomic E-state index is 0.131. The van der Waals surface area contributed by atoms with Crippen LogP contribution in [0.25, 0.3) is 0 Å². The van der Waals surface area contributed by atoms with Crippen LogP contribution in [0.5, 0.6) is 0 Å². The first-order valence-electron chi connectivity index (χ1n) is 4.19. The normalized spacial score (nSPS) is 9.92. The Morgan fingerprint density at radius 1 is 1.77 bits per heavy atom. The zero-order chi connectivity index (χ0) is 9.52. The second-order valence-electron chi connectivity index (χ2n) is 2.44. The average Bonchev–Trinajstić information content (AvgIpc) is 2.65. The van der Waals surface area contributed by atoms with Crippen molar-refractivity contribution in [3.63, 3.8) is 0 Å². The fraction of sp³-hybridized carbons (Fsp3) is 0.500. The molecule has 1 heterocycles. The zero-order valence-electron chi connectivity index (χ0n) is 7.54. The Morgan fingerprint density at radius 2 is 2.62 bits per heavy atom. The third-order valence-corrected chi connectivity index (χ3v) is 1.50. The number of ether oxygens (including phenoxy) is 1. The summed E-state index contributed by atoms with van der Waals surface area (Å²) in [4.78, 5) is 11.2. The molecule has 0 saturated heterocycles. The zero-order valence-corrected chi connectivity index (χ0v) is 7.54. The Balaban J connectivity index is 2.19. The van der Waals surface area contributed by atoms with Crippen molar-refractivity contribution in [2.75, 3.05) is 19.8 Å². The van der Waals surface area contributed by atoms with Crippen molar-refractivity contribution in [1.82, 2.24) is 15.5 Å². The highest BCUT2D eigenvalue weighted by Crippen LogP contribution is 1.91. The number of nitrogens with one attached hydrogen (secondary N) is 2. The van der Waals surface area contributed by atoms with Gasteiger partial charge in [0, 0.05) is 19.3 Å². The lowest BCUT2D eigenvalue weighted by molar-refractivity contribution is 0.0922. The van der Waals surface area contributed by atoms with E-state index in [1.807, 2.05) is 6.92 Å². The van der Waals surface area contributed by atoms with Gasteiger partial charge in [0.1, 0.15) is 0 Å². The van der Waals surface area contributed by atoms with Crippen LogP contribution in [0, 0.1) is 0 Å². The van der Waals surface area contributed by atoms with Gasteiger partial charge in [-0.2, -0.15) is 5.10 Å². The molecule has 1 amide bonds. The summed E-state index contributed by atoms with van der Waals surface area (Å²) in [6.45, 7) is 3.65. The minimum Gasteiger partial charge on any atom is -0.380 e. The summed E-state index contributed by atoms with van der Waals surface area (Å²) in [6, 6.07) is 0. The van der Waals surface area contributed by atoms with Crippen LogP contribution in [0.2, 0.25) is 0 Å². The van der Waals surface area contributed by atoms with E-state index in [9.17, 15) is 4.79 Å². The van der Waals surface area contributed by atoms with Crippen molar-refractivity contribution in [1.29, 1.82) is 0 Å². The SMILES string of the molecule is CCOCCNC(=O)c1cn[nH]c1. The molecule has 0 bridgehead atoms. The molecule has 5 heteroatoms. The maximum absolute atomic E-state index is 11.2. The third-order valence-electron chi connectivity index (χ3n) is 1.50. The number of hydrogen-bond donors (Lipinski definition) is 2. The van der Waals surface area contributed by atoms with Gasteiger partial charge in [-0.15, -0.1) is 0 Å². The van der Waals surface area contributed by atoms with E-state index >= 15 is 0 Å². The lowest BCUT2D eigenvalue weighted by atomic mass is 10.3. The first-order chi connectivity index (χ1) is 6.34. The molecule has 0 fully saturated rings. The predicted molar refractivity (Wildman–Crippen MR) is 47.4 cm³/mol. The summed E-state index contributed by atoms with van der Waals surface area (Å²) in [7, 11) is 0. The maximum atomic E-state index is 11.2. The fourth-order valence-corrected chi connectivity index (χ4v) is 0.858. The molecule has 5 nitrogen and oxygen atoms in total. The number of hydrogen-bond acceptors (Lipinski definition) is 3. The van der Waals surface area contributed by atoms with Crippen LogP contribution in [-0.2, 0) is 4.74 Å². The molecule has 0 aliphatic carbocycles. The Bertz CT molecular complexity index is 246. The summed E-state index contributed by atoms with van der Waals surface area (Å²) >= 11 is 0.